The van der Waals surface area contributed by atoms with Gasteiger partial charge in [-0.2, -0.15) is 0 Å². The molecule has 0 aliphatic heterocycles. The molecule has 0 atom stereocenters. The highest BCUT2D eigenvalue weighted by Crippen LogP contribution is 2.27. The van der Waals surface area contributed by atoms with Crippen molar-refractivity contribution in [1.82, 2.24) is 9.55 Å². The first kappa shape index (κ1) is 14.5. The van der Waals surface area contributed by atoms with E-state index in [1.807, 2.05) is 18.2 Å². The first-order valence-electron chi connectivity index (χ1n) is 8.09. The SMILES string of the molecule is Cc1ccc(Nc2nc3ccccc3n2-c2ccc(C)cc2)cc1. The van der Waals surface area contributed by atoms with E-state index in [2.05, 4.69) is 78.3 Å². The van der Waals surface area contributed by atoms with Crippen LogP contribution in [-0.4, -0.2) is 9.55 Å². The van der Waals surface area contributed by atoms with Gasteiger partial charge in [-0.05, 0) is 50.2 Å². The fourth-order valence-electron chi connectivity index (χ4n) is 2.83. The summed E-state index contributed by atoms with van der Waals surface area (Å²) in [7, 11) is 0. The molecule has 0 radical (unpaired) electrons. The van der Waals surface area contributed by atoms with E-state index in [1.54, 1.807) is 0 Å². The third-order valence-corrected chi connectivity index (χ3v) is 4.16. The van der Waals surface area contributed by atoms with Crippen LogP contribution in [0.1, 0.15) is 11.1 Å². The van der Waals surface area contributed by atoms with Crippen LogP contribution < -0.4 is 5.32 Å². The first-order chi connectivity index (χ1) is 11.7. The number of hydrogen-bond donors (Lipinski definition) is 1. The summed E-state index contributed by atoms with van der Waals surface area (Å²) in [6.07, 6.45) is 0. The maximum absolute atomic E-state index is 4.78. The van der Waals surface area contributed by atoms with E-state index in [9.17, 15) is 0 Å². The van der Waals surface area contributed by atoms with Crippen LogP contribution in [0.3, 0.4) is 0 Å². The number of imidazole rings is 1. The van der Waals surface area contributed by atoms with Crippen molar-refractivity contribution < 1.29 is 0 Å². The van der Waals surface area contributed by atoms with Gasteiger partial charge in [0, 0.05) is 11.4 Å². The molecule has 0 aliphatic carbocycles. The first-order valence-corrected chi connectivity index (χ1v) is 8.09. The van der Waals surface area contributed by atoms with Crippen LogP contribution in [0.2, 0.25) is 0 Å². The molecule has 118 valence electrons. The highest BCUT2D eigenvalue weighted by molar-refractivity contribution is 5.82. The zero-order chi connectivity index (χ0) is 16.5. The zero-order valence-electron chi connectivity index (χ0n) is 13.8. The van der Waals surface area contributed by atoms with Crippen molar-refractivity contribution in [2.45, 2.75) is 13.8 Å². The molecule has 3 nitrogen and oxygen atoms in total. The number of hydrogen-bond acceptors (Lipinski definition) is 2. The lowest BCUT2D eigenvalue weighted by atomic mass is 10.2. The minimum atomic E-state index is 0.823. The van der Waals surface area contributed by atoms with Gasteiger partial charge in [0.2, 0.25) is 5.95 Å². The third kappa shape index (κ3) is 2.65. The summed E-state index contributed by atoms with van der Waals surface area (Å²) in [4.78, 5) is 4.78. The van der Waals surface area contributed by atoms with E-state index in [-0.39, 0.29) is 0 Å². The molecule has 0 spiro atoms. The van der Waals surface area contributed by atoms with Crippen LogP contribution >= 0.6 is 0 Å². The van der Waals surface area contributed by atoms with Gasteiger partial charge >= 0.3 is 0 Å². The van der Waals surface area contributed by atoms with Crippen molar-refractivity contribution >= 4 is 22.7 Å². The van der Waals surface area contributed by atoms with Crippen LogP contribution in [0.4, 0.5) is 11.6 Å². The quantitative estimate of drug-likeness (QED) is 0.550. The van der Waals surface area contributed by atoms with Crippen LogP contribution in [0.15, 0.2) is 72.8 Å². The summed E-state index contributed by atoms with van der Waals surface area (Å²) in [5.74, 6) is 0.823. The Labute approximate surface area is 141 Å². The lowest BCUT2D eigenvalue weighted by Gasteiger charge is -2.11. The van der Waals surface area contributed by atoms with Crippen LogP contribution in [-0.2, 0) is 0 Å². The Morgan fingerprint density at radius 3 is 2.08 bits per heavy atom. The van der Waals surface area contributed by atoms with Crippen molar-refractivity contribution in [2.75, 3.05) is 5.32 Å². The normalized spacial score (nSPS) is 10.9. The Hall–Kier alpha value is -3.07. The standard InChI is InChI=1S/C21H19N3/c1-15-7-11-17(12-8-15)22-21-23-19-5-3-4-6-20(19)24(21)18-13-9-16(2)10-14-18/h3-14H,1-2H3,(H,22,23). The van der Waals surface area contributed by atoms with Gasteiger partial charge in [0.05, 0.1) is 11.0 Å². The van der Waals surface area contributed by atoms with Gasteiger partial charge in [-0.1, -0.05) is 47.5 Å². The number of aromatic nitrogens is 2. The van der Waals surface area contributed by atoms with Crippen molar-refractivity contribution in [1.29, 1.82) is 0 Å². The highest BCUT2D eigenvalue weighted by atomic mass is 15.2. The topological polar surface area (TPSA) is 29.9 Å². The van der Waals surface area contributed by atoms with Crippen molar-refractivity contribution in [2.24, 2.45) is 0 Å². The largest absolute Gasteiger partial charge is 0.325 e. The summed E-state index contributed by atoms with van der Waals surface area (Å²) >= 11 is 0. The number of rotatable bonds is 3. The van der Waals surface area contributed by atoms with Crippen molar-refractivity contribution in [3.8, 4) is 5.69 Å². The Morgan fingerprint density at radius 1 is 0.750 bits per heavy atom. The van der Waals surface area contributed by atoms with E-state index < -0.39 is 0 Å². The second-order valence-electron chi connectivity index (χ2n) is 6.09. The van der Waals surface area contributed by atoms with Gasteiger partial charge in [0.25, 0.3) is 0 Å². The summed E-state index contributed by atoms with van der Waals surface area (Å²) in [5.41, 5.74) is 6.70. The van der Waals surface area contributed by atoms with E-state index in [1.165, 1.54) is 11.1 Å². The summed E-state index contributed by atoms with van der Waals surface area (Å²) in [6, 6.07) is 25.1. The monoisotopic (exact) mass is 313 g/mol. The molecule has 1 aromatic heterocycles. The molecule has 0 amide bonds. The van der Waals surface area contributed by atoms with E-state index in [0.717, 1.165) is 28.4 Å². The maximum atomic E-state index is 4.78. The Bertz CT molecular complexity index is 980. The smallest absolute Gasteiger partial charge is 0.213 e. The molecule has 0 saturated heterocycles. The summed E-state index contributed by atoms with van der Waals surface area (Å²) in [5, 5.41) is 3.45. The van der Waals surface area contributed by atoms with Crippen LogP contribution in [0.5, 0.6) is 0 Å². The van der Waals surface area contributed by atoms with Gasteiger partial charge in [0.1, 0.15) is 0 Å². The third-order valence-electron chi connectivity index (χ3n) is 4.16. The molecule has 0 saturated carbocycles. The Kier molecular flexibility index (Phi) is 3.54. The molecule has 0 bridgehead atoms. The average Bonchev–Trinajstić information content (AvgIpc) is 2.96. The van der Waals surface area contributed by atoms with Crippen LogP contribution in [0, 0.1) is 13.8 Å². The minimum absolute atomic E-state index is 0.823. The number of benzene rings is 3. The average molecular weight is 313 g/mol. The Morgan fingerprint density at radius 2 is 1.38 bits per heavy atom. The second kappa shape index (κ2) is 5.85. The molecular weight excluding hydrogens is 294 g/mol. The second-order valence-corrected chi connectivity index (χ2v) is 6.09. The van der Waals surface area contributed by atoms with Gasteiger partial charge in [-0.3, -0.25) is 4.57 Å². The number of para-hydroxylation sites is 2. The van der Waals surface area contributed by atoms with Gasteiger partial charge in [-0.25, -0.2) is 4.98 Å². The molecule has 3 aromatic carbocycles. The highest BCUT2D eigenvalue weighted by Gasteiger charge is 2.12. The molecule has 1 heterocycles. The predicted molar refractivity (Wildman–Crippen MR) is 100 cm³/mol. The number of nitrogens with zero attached hydrogens (tertiary/aromatic N) is 2. The van der Waals surface area contributed by atoms with Crippen molar-refractivity contribution in [3.05, 3.63) is 83.9 Å². The molecule has 4 aromatic rings. The predicted octanol–water partition coefficient (Wildman–Crippen LogP) is 5.39. The Balaban J connectivity index is 1.86. The fraction of sp³-hybridized carbons (Fsp3) is 0.0952. The number of nitrogens with one attached hydrogen (secondary N) is 1. The number of aryl methyl sites for hydroxylation is 2. The zero-order valence-corrected chi connectivity index (χ0v) is 13.8. The van der Waals surface area contributed by atoms with E-state index in [4.69, 9.17) is 4.98 Å². The molecule has 1 N–H and O–H groups in total. The lowest BCUT2D eigenvalue weighted by Crippen LogP contribution is -2.01. The molecular formula is C21H19N3. The summed E-state index contributed by atoms with van der Waals surface area (Å²) in [6.45, 7) is 4.19. The molecule has 0 aliphatic rings. The molecule has 0 fully saturated rings. The van der Waals surface area contributed by atoms with Gasteiger partial charge in [0.15, 0.2) is 0 Å². The summed E-state index contributed by atoms with van der Waals surface area (Å²) < 4.78 is 2.16. The van der Waals surface area contributed by atoms with Gasteiger partial charge in [-0.15, -0.1) is 0 Å². The lowest BCUT2D eigenvalue weighted by molar-refractivity contribution is 1.09. The molecule has 3 heteroatoms. The fourth-order valence-corrected chi connectivity index (χ4v) is 2.83. The maximum Gasteiger partial charge on any atom is 0.213 e. The van der Waals surface area contributed by atoms with E-state index >= 15 is 0 Å². The number of anilines is 2. The van der Waals surface area contributed by atoms with Gasteiger partial charge < -0.3 is 5.32 Å². The van der Waals surface area contributed by atoms with Crippen molar-refractivity contribution in [3.63, 3.8) is 0 Å². The number of fused-ring (bicyclic) bond motifs is 1. The van der Waals surface area contributed by atoms with E-state index in [0.29, 0.717) is 0 Å². The molecule has 4 rings (SSSR count). The molecule has 24 heavy (non-hydrogen) atoms. The van der Waals surface area contributed by atoms with Crippen LogP contribution in [0.25, 0.3) is 16.7 Å². The molecule has 0 unspecified atom stereocenters. The minimum Gasteiger partial charge on any atom is -0.325 e.